The van der Waals surface area contributed by atoms with Gasteiger partial charge in [0, 0.05) is 5.56 Å². The first kappa shape index (κ1) is 19.7. The Morgan fingerprint density at radius 1 is 1.07 bits per heavy atom. The molecule has 0 fully saturated rings. The largest absolute Gasteiger partial charge is 0.465 e. The van der Waals surface area contributed by atoms with E-state index in [1.807, 2.05) is 31.2 Å². The molecule has 9 heteroatoms. The van der Waals surface area contributed by atoms with Crippen LogP contribution in [0.1, 0.15) is 37.0 Å². The van der Waals surface area contributed by atoms with E-state index in [0.29, 0.717) is 38.0 Å². The zero-order valence-electron chi connectivity index (χ0n) is 16.8. The first-order valence-electron chi connectivity index (χ1n) is 9.08. The number of hydrogen-bond acceptors (Lipinski definition) is 8. The van der Waals surface area contributed by atoms with Crippen molar-refractivity contribution in [3.63, 3.8) is 0 Å². The highest BCUT2D eigenvalue weighted by Gasteiger charge is 2.22. The number of rotatable bonds is 4. The smallest absolute Gasteiger partial charge is 0.350 e. The number of pyridine rings is 1. The van der Waals surface area contributed by atoms with Crippen LogP contribution >= 0.6 is 11.3 Å². The molecule has 0 bridgehead atoms. The van der Waals surface area contributed by atoms with Crippen molar-refractivity contribution in [1.29, 1.82) is 0 Å². The number of ether oxygens (including phenoxy) is 1. The van der Waals surface area contributed by atoms with Gasteiger partial charge < -0.3 is 9.26 Å². The molecule has 0 aliphatic carbocycles. The van der Waals surface area contributed by atoms with Gasteiger partial charge in [-0.3, -0.25) is 10.1 Å². The maximum Gasteiger partial charge on any atom is 0.350 e. The van der Waals surface area contributed by atoms with Crippen LogP contribution in [0.4, 0.5) is 5.13 Å². The molecule has 8 nitrogen and oxygen atoms in total. The standard InChI is InChI=1S/C21H18N4O4S/c1-10-5-7-13(8-6-10)15-9-14(16-11(2)25-29-19(16)23-15)18(26)24-21-22-12(3)17(30-21)20(27)28-4/h5-9H,1-4H3,(H,22,24,26). The van der Waals surface area contributed by atoms with E-state index >= 15 is 0 Å². The van der Waals surface area contributed by atoms with Crippen LogP contribution < -0.4 is 5.32 Å². The molecule has 3 aromatic heterocycles. The van der Waals surface area contributed by atoms with E-state index < -0.39 is 11.9 Å². The van der Waals surface area contributed by atoms with E-state index in [2.05, 4.69) is 20.4 Å². The van der Waals surface area contributed by atoms with Crippen molar-refractivity contribution in [3.8, 4) is 11.3 Å². The Morgan fingerprint density at radius 2 is 1.80 bits per heavy atom. The Bertz CT molecular complexity index is 1270. The second-order valence-electron chi connectivity index (χ2n) is 6.75. The van der Waals surface area contributed by atoms with Crippen molar-refractivity contribution in [2.45, 2.75) is 20.8 Å². The van der Waals surface area contributed by atoms with Gasteiger partial charge in [-0.2, -0.15) is 0 Å². The Balaban J connectivity index is 1.75. The summed E-state index contributed by atoms with van der Waals surface area (Å²) in [6.07, 6.45) is 0. The van der Waals surface area contributed by atoms with Gasteiger partial charge in [0.05, 0.1) is 35.1 Å². The average Bonchev–Trinajstić information content (AvgIpc) is 3.29. The lowest BCUT2D eigenvalue weighted by molar-refractivity contribution is 0.0605. The molecule has 1 amide bonds. The number of fused-ring (bicyclic) bond motifs is 1. The molecular weight excluding hydrogens is 404 g/mol. The number of aryl methyl sites for hydroxylation is 3. The van der Waals surface area contributed by atoms with Gasteiger partial charge in [-0.15, -0.1) is 0 Å². The molecule has 0 saturated carbocycles. The van der Waals surface area contributed by atoms with Crippen LogP contribution in [0.25, 0.3) is 22.4 Å². The summed E-state index contributed by atoms with van der Waals surface area (Å²) in [7, 11) is 1.30. The minimum atomic E-state index is -0.492. The number of methoxy groups -OCH3 is 1. The summed E-state index contributed by atoms with van der Waals surface area (Å²) in [6.45, 7) is 5.43. The fourth-order valence-corrected chi connectivity index (χ4v) is 3.92. The molecule has 1 aromatic carbocycles. The first-order valence-corrected chi connectivity index (χ1v) is 9.90. The minimum absolute atomic E-state index is 0.279. The number of aromatic nitrogens is 3. The molecule has 4 rings (SSSR count). The predicted octanol–water partition coefficient (Wildman–Crippen LogP) is 4.31. The van der Waals surface area contributed by atoms with E-state index in [1.54, 1.807) is 19.9 Å². The molecule has 0 spiro atoms. The third kappa shape index (κ3) is 3.55. The third-order valence-electron chi connectivity index (χ3n) is 4.60. The monoisotopic (exact) mass is 422 g/mol. The van der Waals surface area contributed by atoms with E-state index in [9.17, 15) is 9.59 Å². The van der Waals surface area contributed by atoms with Crippen molar-refractivity contribution in [2.24, 2.45) is 0 Å². The highest BCUT2D eigenvalue weighted by molar-refractivity contribution is 7.17. The summed E-state index contributed by atoms with van der Waals surface area (Å²) in [5.74, 6) is -0.888. The summed E-state index contributed by atoms with van der Waals surface area (Å²) in [6, 6.07) is 9.51. The third-order valence-corrected chi connectivity index (χ3v) is 5.65. The predicted molar refractivity (Wildman–Crippen MR) is 113 cm³/mol. The van der Waals surface area contributed by atoms with Crippen molar-refractivity contribution in [2.75, 3.05) is 12.4 Å². The molecule has 0 radical (unpaired) electrons. The molecule has 4 aromatic rings. The second-order valence-corrected chi connectivity index (χ2v) is 7.75. The lowest BCUT2D eigenvalue weighted by atomic mass is 10.0. The molecule has 0 atom stereocenters. The molecule has 3 heterocycles. The maximum absolute atomic E-state index is 13.1. The van der Waals surface area contributed by atoms with Gasteiger partial charge in [-0.05, 0) is 26.8 Å². The van der Waals surface area contributed by atoms with E-state index in [1.165, 1.54) is 7.11 Å². The molecule has 30 heavy (non-hydrogen) atoms. The quantitative estimate of drug-likeness (QED) is 0.488. The van der Waals surface area contributed by atoms with Crippen LogP contribution in [-0.2, 0) is 4.74 Å². The van der Waals surface area contributed by atoms with E-state index in [4.69, 9.17) is 9.26 Å². The lowest BCUT2D eigenvalue weighted by Gasteiger charge is -2.07. The van der Waals surface area contributed by atoms with Gasteiger partial charge in [-0.25, -0.2) is 14.8 Å². The van der Waals surface area contributed by atoms with E-state index in [-0.39, 0.29) is 5.71 Å². The summed E-state index contributed by atoms with van der Waals surface area (Å²) in [5.41, 5.74) is 4.25. The van der Waals surface area contributed by atoms with Gasteiger partial charge in [0.1, 0.15) is 4.88 Å². The Labute approximate surface area is 175 Å². The van der Waals surface area contributed by atoms with Crippen molar-refractivity contribution >= 4 is 39.4 Å². The SMILES string of the molecule is COC(=O)c1sc(NC(=O)c2cc(-c3ccc(C)cc3)nc3onc(C)c23)nc1C. The van der Waals surface area contributed by atoms with Gasteiger partial charge in [-0.1, -0.05) is 46.3 Å². The summed E-state index contributed by atoms with van der Waals surface area (Å²) in [4.78, 5) is 34.1. The van der Waals surface area contributed by atoms with Gasteiger partial charge >= 0.3 is 5.97 Å². The normalized spacial score (nSPS) is 10.9. The maximum atomic E-state index is 13.1. The Hall–Kier alpha value is -3.59. The molecular formula is C21H18N4O4S. The molecule has 1 N–H and O–H groups in total. The van der Waals surface area contributed by atoms with Crippen LogP contribution in [0.3, 0.4) is 0 Å². The number of carbonyl (C=O) groups is 2. The zero-order valence-corrected chi connectivity index (χ0v) is 17.6. The first-order chi connectivity index (χ1) is 14.4. The minimum Gasteiger partial charge on any atom is -0.465 e. The number of thiazole rings is 1. The average molecular weight is 422 g/mol. The fraction of sp³-hybridized carbons (Fsp3) is 0.190. The van der Waals surface area contributed by atoms with Crippen LogP contribution in [0.15, 0.2) is 34.9 Å². The molecule has 0 unspecified atom stereocenters. The highest BCUT2D eigenvalue weighted by Crippen LogP contribution is 2.29. The van der Waals surface area contributed by atoms with E-state index in [0.717, 1.165) is 22.5 Å². The topological polar surface area (TPSA) is 107 Å². The second kappa shape index (κ2) is 7.68. The van der Waals surface area contributed by atoms with Crippen molar-refractivity contribution < 1.29 is 18.8 Å². The molecule has 0 aliphatic heterocycles. The number of esters is 1. The Morgan fingerprint density at radius 3 is 2.50 bits per heavy atom. The number of carbonyl (C=O) groups excluding carboxylic acids is 2. The number of hydrogen-bond donors (Lipinski definition) is 1. The van der Waals surface area contributed by atoms with Gasteiger partial charge in [0.25, 0.3) is 11.6 Å². The van der Waals surface area contributed by atoms with Crippen molar-refractivity contribution in [1.82, 2.24) is 15.1 Å². The number of amides is 1. The van der Waals surface area contributed by atoms with Crippen LogP contribution in [0, 0.1) is 20.8 Å². The van der Waals surface area contributed by atoms with Gasteiger partial charge in [0.15, 0.2) is 5.13 Å². The summed E-state index contributed by atoms with van der Waals surface area (Å²) >= 11 is 1.06. The number of nitrogens with zero attached hydrogens (tertiary/aromatic N) is 3. The van der Waals surface area contributed by atoms with Crippen LogP contribution in [0.5, 0.6) is 0 Å². The molecule has 0 saturated heterocycles. The van der Waals surface area contributed by atoms with Crippen molar-refractivity contribution in [3.05, 3.63) is 57.7 Å². The zero-order chi connectivity index (χ0) is 21.4. The highest BCUT2D eigenvalue weighted by atomic mass is 32.1. The number of benzene rings is 1. The van der Waals surface area contributed by atoms with Crippen LogP contribution in [-0.4, -0.2) is 34.1 Å². The number of nitrogens with one attached hydrogen (secondary N) is 1. The Kier molecular flexibility index (Phi) is 5.04. The molecule has 152 valence electrons. The molecule has 0 aliphatic rings. The van der Waals surface area contributed by atoms with Crippen LogP contribution in [0.2, 0.25) is 0 Å². The van der Waals surface area contributed by atoms with Gasteiger partial charge in [0.2, 0.25) is 0 Å². The lowest BCUT2D eigenvalue weighted by Crippen LogP contribution is -2.13. The summed E-state index contributed by atoms with van der Waals surface area (Å²) in [5, 5.41) is 7.55. The summed E-state index contributed by atoms with van der Waals surface area (Å²) < 4.78 is 10.1. The number of anilines is 1. The fourth-order valence-electron chi connectivity index (χ4n) is 3.04.